The zero-order chi connectivity index (χ0) is 14.8. The maximum absolute atomic E-state index is 9.50. The predicted octanol–water partition coefficient (Wildman–Crippen LogP) is 3.46. The van der Waals surface area contributed by atoms with Gasteiger partial charge in [-0.25, -0.2) is 4.98 Å². The van der Waals surface area contributed by atoms with E-state index >= 15 is 0 Å². The SMILES string of the molecule is CC(C)c1cc(CO)cc(N(Cc2ccco2)C2CC2)n1. The number of hydrogen-bond donors (Lipinski definition) is 1. The van der Waals surface area contributed by atoms with E-state index < -0.39 is 0 Å². The topological polar surface area (TPSA) is 49.5 Å². The molecule has 0 aliphatic heterocycles. The van der Waals surface area contributed by atoms with Crippen molar-refractivity contribution in [1.29, 1.82) is 0 Å². The number of aliphatic hydroxyl groups excluding tert-OH is 1. The second-order valence-electron chi connectivity index (χ2n) is 6.01. The second-order valence-corrected chi connectivity index (χ2v) is 6.01. The molecule has 1 saturated carbocycles. The third-order valence-electron chi connectivity index (χ3n) is 3.85. The summed E-state index contributed by atoms with van der Waals surface area (Å²) in [6, 6.07) is 8.43. The highest BCUT2D eigenvalue weighted by atomic mass is 16.3. The molecule has 1 fully saturated rings. The van der Waals surface area contributed by atoms with Crippen molar-refractivity contribution in [1.82, 2.24) is 4.98 Å². The van der Waals surface area contributed by atoms with Crippen molar-refractivity contribution in [3.8, 4) is 0 Å². The smallest absolute Gasteiger partial charge is 0.129 e. The van der Waals surface area contributed by atoms with E-state index in [1.165, 1.54) is 12.8 Å². The molecule has 1 aliphatic rings. The van der Waals surface area contributed by atoms with Gasteiger partial charge in [-0.3, -0.25) is 0 Å². The Bertz CT molecular complexity index is 589. The highest BCUT2D eigenvalue weighted by Gasteiger charge is 2.31. The molecule has 2 aromatic heterocycles. The van der Waals surface area contributed by atoms with E-state index in [0.29, 0.717) is 12.0 Å². The maximum atomic E-state index is 9.50. The van der Waals surface area contributed by atoms with Crippen LogP contribution >= 0.6 is 0 Å². The van der Waals surface area contributed by atoms with Gasteiger partial charge in [0.2, 0.25) is 0 Å². The highest BCUT2D eigenvalue weighted by Crippen LogP contribution is 2.33. The van der Waals surface area contributed by atoms with E-state index in [1.807, 2.05) is 24.3 Å². The van der Waals surface area contributed by atoms with Gasteiger partial charge in [0.25, 0.3) is 0 Å². The van der Waals surface area contributed by atoms with Gasteiger partial charge < -0.3 is 14.4 Å². The number of anilines is 1. The van der Waals surface area contributed by atoms with Crippen molar-refractivity contribution in [2.24, 2.45) is 0 Å². The Morgan fingerprint density at radius 1 is 1.38 bits per heavy atom. The van der Waals surface area contributed by atoms with Gasteiger partial charge in [-0.2, -0.15) is 0 Å². The van der Waals surface area contributed by atoms with E-state index in [2.05, 4.69) is 18.7 Å². The molecule has 0 saturated heterocycles. The molecule has 4 heteroatoms. The largest absolute Gasteiger partial charge is 0.467 e. The standard InChI is InChI=1S/C17H22N2O2/c1-12(2)16-8-13(11-20)9-17(18-16)19(14-5-6-14)10-15-4-3-7-21-15/h3-4,7-9,12,14,20H,5-6,10-11H2,1-2H3. The van der Waals surface area contributed by atoms with Crippen LogP contribution in [0.4, 0.5) is 5.82 Å². The Labute approximate surface area is 125 Å². The molecule has 0 radical (unpaired) electrons. The molecule has 0 atom stereocenters. The lowest BCUT2D eigenvalue weighted by Gasteiger charge is -2.24. The van der Waals surface area contributed by atoms with E-state index in [-0.39, 0.29) is 6.61 Å². The van der Waals surface area contributed by atoms with Crippen LogP contribution < -0.4 is 4.90 Å². The van der Waals surface area contributed by atoms with Crippen LogP contribution in [0.25, 0.3) is 0 Å². The van der Waals surface area contributed by atoms with Gasteiger partial charge in [-0.15, -0.1) is 0 Å². The molecule has 0 amide bonds. The Balaban J connectivity index is 1.92. The van der Waals surface area contributed by atoms with Crippen LogP contribution in [0.5, 0.6) is 0 Å². The summed E-state index contributed by atoms with van der Waals surface area (Å²) in [5.41, 5.74) is 1.95. The lowest BCUT2D eigenvalue weighted by Crippen LogP contribution is -2.26. The second kappa shape index (κ2) is 5.90. The molecule has 2 aromatic rings. The summed E-state index contributed by atoms with van der Waals surface area (Å²) in [5.74, 6) is 2.24. The summed E-state index contributed by atoms with van der Waals surface area (Å²) in [6.45, 7) is 5.04. The molecular weight excluding hydrogens is 264 g/mol. The van der Waals surface area contributed by atoms with Crippen LogP contribution in [0.1, 0.15) is 49.6 Å². The van der Waals surface area contributed by atoms with Crippen LogP contribution in [0.2, 0.25) is 0 Å². The molecule has 0 aromatic carbocycles. The number of aliphatic hydroxyl groups is 1. The van der Waals surface area contributed by atoms with E-state index in [4.69, 9.17) is 9.40 Å². The number of aromatic nitrogens is 1. The van der Waals surface area contributed by atoms with Crippen molar-refractivity contribution in [3.63, 3.8) is 0 Å². The molecule has 2 heterocycles. The first-order valence-electron chi connectivity index (χ1n) is 7.58. The summed E-state index contributed by atoms with van der Waals surface area (Å²) in [4.78, 5) is 7.09. The van der Waals surface area contributed by atoms with Gasteiger partial charge in [0.1, 0.15) is 11.6 Å². The minimum atomic E-state index is 0.0501. The normalized spacial score (nSPS) is 14.7. The third kappa shape index (κ3) is 3.27. The van der Waals surface area contributed by atoms with Crippen LogP contribution in [0, 0.1) is 0 Å². The molecule has 3 rings (SSSR count). The van der Waals surface area contributed by atoms with E-state index in [9.17, 15) is 5.11 Å². The number of rotatable bonds is 6. The zero-order valence-corrected chi connectivity index (χ0v) is 12.6. The summed E-state index contributed by atoms with van der Waals surface area (Å²) in [7, 11) is 0. The van der Waals surface area contributed by atoms with Gasteiger partial charge in [0.15, 0.2) is 0 Å². The first kappa shape index (κ1) is 14.1. The monoisotopic (exact) mass is 286 g/mol. The van der Waals surface area contributed by atoms with Gasteiger partial charge >= 0.3 is 0 Å². The van der Waals surface area contributed by atoms with Crippen molar-refractivity contribution in [2.75, 3.05) is 4.90 Å². The molecule has 4 nitrogen and oxygen atoms in total. The van der Waals surface area contributed by atoms with Crippen molar-refractivity contribution in [2.45, 2.75) is 51.8 Å². The van der Waals surface area contributed by atoms with Gasteiger partial charge in [0, 0.05) is 11.7 Å². The van der Waals surface area contributed by atoms with Crippen molar-refractivity contribution in [3.05, 3.63) is 47.5 Å². The number of hydrogen-bond acceptors (Lipinski definition) is 4. The van der Waals surface area contributed by atoms with E-state index in [0.717, 1.165) is 29.4 Å². The Hall–Kier alpha value is -1.81. The molecule has 0 unspecified atom stereocenters. The highest BCUT2D eigenvalue weighted by molar-refractivity contribution is 5.45. The number of nitrogens with zero attached hydrogens (tertiary/aromatic N) is 2. The average molecular weight is 286 g/mol. The lowest BCUT2D eigenvalue weighted by molar-refractivity contribution is 0.281. The van der Waals surface area contributed by atoms with Gasteiger partial charge in [-0.05, 0) is 48.6 Å². The lowest BCUT2D eigenvalue weighted by atomic mass is 10.1. The molecule has 0 spiro atoms. The third-order valence-corrected chi connectivity index (χ3v) is 3.85. The Kier molecular flexibility index (Phi) is 3.97. The molecule has 1 N–H and O–H groups in total. The Morgan fingerprint density at radius 2 is 2.19 bits per heavy atom. The fraction of sp³-hybridized carbons (Fsp3) is 0.471. The quantitative estimate of drug-likeness (QED) is 0.883. The van der Waals surface area contributed by atoms with Crippen LogP contribution in [0.15, 0.2) is 34.9 Å². The number of furan rings is 1. The van der Waals surface area contributed by atoms with Gasteiger partial charge in [-0.1, -0.05) is 13.8 Å². The molecule has 21 heavy (non-hydrogen) atoms. The fourth-order valence-corrected chi connectivity index (χ4v) is 2.48. The van der Waals surface area contributed by atoms with Gasteiger partial charge in [0.05, 0.1) is 19.4 Å². The fourth-order valence-electron chi connectivity index (χ4n) is 2.48. The Morgan fingerprint density at radius 3 is 2.76 bits per heavy atom. The summed E-state index contributed by atoms with van der Waals surface area (Å²) >= 11 is 0. The maximum Gasteiger partial charge on any atom is 0.129 e. The summed E-state index contributed by atoms with van der Waals surface area (Å²) in [6.07, 6.45) is 4.10. The molecule has 1 aliphatic carbocycles. The summed E-state index contributed by atoms with van der Waals surface area (Å²) in [5, 5.41) is 9.50. The van der Waals surface area contributed by atoms with Crippen molar-refractivity contribution < 1.29 is 9.52 Å². The van der Waals surface area contributed by atoms with Crippen molar-refractivity contribution >= 4 is 5.82 Å². The van der Waals surface area contributed by atoms with Crippen LogP contribution in [0.3, 0.4) is 0 Å². The zero-order valence-electron chi connectivity index (χ0n) is 12.6. The minimum Gasteiger partial charge on any atom is -0.467 e. The number of pyridine rings is 1. The molecule has 0 bridgehead atoms. The molecular formula is C17H22N2O2. The summed E-state index contributed by atoms with van der Waals surface area (Å²) < 4.78 is 5.48. The minimum absolute atomic E-state index is 0.0501. The van der Waals surface area contributed by atoms with Crippen LogP contribution in [-0.2, 0) is 13.2 Å². The first-order valence-corrected chi connectivity index (χ1v) is 7.58. The molecule has 112 valence electrons. The average Bonchev–Trinajstić information content (AvgIpc) is 3.20. The van der Waals surface area contributed by atoms with Crippen LogP contribution in [-0.4, -0.2) is 16.1 Å². The van der Waals surface area contributed by atoms with E-state index in [1.54, 1.807) is 6.26 Å². The predicted molar refractivity (Wildman–Crippen MR) is 82.2 cm³/mol. The first-order chi connectivity index (χ1) is 10.2.